The number of carbonyl (C=O) groups excluding carboxylic acids is 2. The number of ketones is 1. The molecule has 0 unspecified atom stereocenters. The molecule has 2 nitrogen and oxygen atoms in total. The smallest absolute Gasteiger partial charge is 0.141 e. The van der Waals surface area contributed by atoms with Crippen LogP contribution in [0.15, 0.2) is 0 Å². The minimum Gasteiger partial charge on any atom is -0.305 e. The molecule has 0 aromatic carbocycles. The summed E-state index contributed by atoms with van der Waals surface area (Å²) in [4.78, 5) is 23.6. The minimum atomic E-state index is -2.05. The molecule has 0 amide bonds. The summed E-state index contributed by atoms with van der Waals surface area (Å²) in [6.45, 7) is 14.4. The fourth-order valence-corrected chi connectivity index (χ4v) is 9.83. The van der Waals surface area contributed by atoms with Gasteiger partial charge >= 0.3 is 0 Å². The zero-order chi connectivity index (χ0) is 13.1. The third-order valence-electron chi connectivity index (χ3n) is 3.76. The third-order valence-corrected chi connectivity index (χ3v) is 10.6. The summed E-state index contributed by atoms with van der Waals surface area (Å²) in [5, 5.41) is 0.250. The Balaban J connectivity index is 5.35. The van der Waals surface area contributed by atoms with E-state index in [4.69, 9.17) is 0 Å². The second-order valence-corrected chi connectivity index (χ2v) is 11.6. The van der Waals surface area contributed by atoms with Crippen molar-refractivity contribution in [1.29, 1.82) is 0 Å². The average Bonchev–Trinajstić information content (AvgIpc) is 1.99. The maximum atomic E-state index is 12.4. The standard InChI is InChI=1S/C13H26O2Si/c1-9(2)16(10(3)4,11(5)6)13(15)8-12(7)14/h9-11H,8H2,1-7H3. The van der Waals surface area contributed by atoms with E-state index < -0.39 is 8.07 Å². The third kappa shape index (κ3) is 2.81. The molecule has 0 fully saturated rings. The quantitative estimate of drug-likeness (QED) is 0.525. The van der Waals surface area contributed by atoms with E-state index in [0.717, 1.165) is 0 Å². The monoisotopic (exact) mass is 242 g/mol. The maximum absolute atomic E-state index is 12.4. The largest absolute Gasteiger partial charge is 0.305 e. The van der Waals surface area contributed by atoms with Crippen LogP contribution in [0.3, 0.4) is 0 Å². The van der Waals surface area contributed by atoms with Crippen LogP contribution in [0.1, 0.15) is 54.9 Å². The molecule has 0 aromatic rings. The van der Waals surface area contributed by atoms with Gasteiger partial charge in [-0.3, -0.25) is 4.79 Å². The molecular formula is C13H26O2Si. The zero-order valence-electron chi connectivity index (χ0n) is 11.8. The second kappa shape index (κ2) is 5.76. The van der Waals surface area contributed by atoms with Gasteiger partial charge in [0.15, 0.2) is 0 Å². The Hall–Kier alpha value is -0.443. The van der Waals surface area contributed by atoms with Gasteiger partial charge in [-0.1, -0.05) is 41.5 Å². The highest BCUT2D eigenvalue weighted by Crippen LogP contribution is 2.42. The molecule has 0 aliphatic heterocycles. The first-order valence-corrected chi connectivity index (χ1v) is 8.43. The van der Waals surface area contributed by atoms with E-state index in [1.54, 1.807) is 0 Å². The van der Waals surface area contributed by atoms with Gasteiger partial charge in [0.05, 0.1) is 6.42 Å². The van der Waals surface area contributed by atoms with E-state index in [1.165, 1.54) is 6.92 Å². The molecule has 0 aliphatic carbocycles. The topological polar surface area (TPSA) is 34.1 Å². The molecule has 0 rings (SSSR count). The number of rotatable bonds is 6. The Morgan fingerprint density at radius 3 is 1.38 bits per heavy atom. The van der Waals surface area contributed by atoms with Crippen molar-refractivity contribution in [3.05, 3.63) is 0 Å². The Kier molecular flexibility index (Phi) is 5.60. The molecule has 16 heavy (non-hydrogen) atoms. The predicted octanol–water partition coefficient (Wildman–Crippen LogP) is 3.75. The molecule has 0 aliphatic rings. The summed E-state index contributed by atoms with van der Waals surface area (Å²) in [5.74, 6) is 0.00354. The highest BCUT2D eigenvalue weighted by molar-refractivity contribution is 7.09. The summed E-state index contributed by atoms with van der Waals surface area (Å²) in [6, 6.07) is 0. The van der Waals surface area contributed by atoms with Crippen LogP contribution in [-0.4, -0.2) is 19.3 Å². The lowest BCUT2D eigenvalue weighted by Crippen LogP contribution is -2.53. The molecule has 0 spiro atoms. The lowest BCUT2D eigenvalue weighted by atomic mass is 10.3. The summed E-state index contributed by atoms with van der Waals surface area (Å²) >= 11 is 0. The van der Waals surface area contributed by atoms with Gasteiger partial charge in [-0.15, -0.1) is 0 Å². The highest BCUT2D eigenvalue weighted by atomic mass is 28.3. The van der Waals surface area contributed by atoms with Crippen LogP contribution >= 0.6 is 0 Å². The van der Waals surface area contributed by atoms with Crippen LogP contribution in [0.2, 0.25) is 16.6 Å². The average molecular weight is 242 g/mol. The number of carbonyl (C=O) groups is 2. The van der Waals surface area contributed by atoms with Crippen LogP contribution in [-0.2, 0) is 9.59 Å². The predicted molar refractivity (Wildman–Crippen MR) is 71.4 cm³/mol. The highest BCUT2D eigenvalue weighted by Gasteiger charge is 2.49. The van der Waals surface area contributed by atoms with Crippen LogP contribution in [0.5, 0.6) is 0 Å². The van der Waals surface area contributed by atoms with Crippen LogP contribution in [0, 0.1) is 0 Å². The van der Waals surface area contributed by atoms with Crippen molar-refractivity contribution >= 4 is 19.3 Å². The molecule has 0 aromatic heterocycles. The van der Waals surface area contributed by atoms with Gasteiger partial charge in [-0.25, -0.2) is 0 Å². The molecule has 0 heterocycles. The molecule has 0 bridgehead atoms. The van der Waals surface area contributed by atoms with Gasteiger partial charge in [0.25, 0.3) is 0 Å². The molecule has 3 heteroatoms. The van der Waals surface area contributed by atoms with E-state index in [0.29, 0.717) is 16.6 Å². The van der Waals surface area contributed by atoms with Crippen LogP contribution in [0.25, 0.3) is 0 Å². The lowest BCUT2D eigenvalue weighted by molar-refractivity contribution is -0.122. The van der Waals surface area contributed by atoms with E-state index in [9.17, 15) is 9.59 Å². The van der Waals surface area contributed by atoms with Crippen molar-refractivity contribution in [2.45, 2.75) is 71.5 Å². The zero-order valence-corrected chi connectivity index (χ0v) is 12.8. The number of hydrogen-bond acceptors (Lipinski definition) is 2. The normalized spacial score (nSPS) is 12.6. The van der Waals surface area contributed by atoms with Crippen molar-refractivity contribution in [2.24, 2.45) is 0 Å². The van der Waals surface area contributed by atoms with Crippen molar-refractivity contribution < 1.29 is 9.59 Å². The van der Waals surface area contributed by atoms with E-state index in [-0.39, 0.29) is 17.6 Å². The van der Waals surface area contributed by atoms with Crippen molar-refractivity contribution in [1.82, 2.24) is 0 Å². The number of hydrogen-bond donors (Lipinski definition) is 0. The fourth-order valence-electron chi connectivity index (χ4n) is 3.35. The van der Waals surface area contributed by atoms with Crippen LogP contribution in [0.4, 0.5) is 0 Å². The molecule has 94 valence electrons. The van der Waals surface area contributed by atoms with E-state index >= 15 is 0 Å². The van der Waals surface area contributed by atoms with E-state index in [1.807, 2.05) is 0 Å². The van der Waals surface area contributed by atoms with E-state index in [2.05, 4.69) is 41.5 Å². The lowest BCUT2D eigenvalue weighted by Gasteiger charge is -2.41. The van der Waals surface area contributed by atoms with Crippen LogP contribution < -0.4 is 0 Å². The van der Waals surface area contributed by atoms with Gasteiger partial charge in [-0.05, 0) is 23.5 Å². The minimum absolute atomic E-state index is 0.00354. The van der Waals surface area contributed by atoms with Gasteiger partial charge in [0.2, 0.25) is 0 Å². The molecular weight excluding hydrogens is 216 g/mol. The molecule has 0 radical (unpaired) electrons. The molecule has 0 saturated heterocycles. The SMILES string of the molecule is CC(=O)CC(=O)[Si](C(C)C)(C(C)C)C(C)C. The first-order chi connectivity index (χ1) is 7.17. The molecule has 0 N–H and O–H groups in total. The summed E-state index contributed by atoms with van der Waals surface area (Å²) < 4.78 is 0. The maximum Gasteiger partial charge on any atom is 0.141 e. The Morgan fingerprint density at radius 2 is 1.19 bits per heavy atom. The van der Waals surface area contributed by atoms with Gasteiger partial charge < -0.3 is 4.79 Å². The summed E-state index contributed by atoms with van der Waals surface area (Å²) in [7, 11) is -2.05. The first kappa shape index (κ1) is 15.6. The summed E-state index contributed by atoms with van der Waals surface area (Å²) in [5.41, 5.74) is 1.21. The van der Waals surface area contributed by atoms with Crippen molar-refractivity contribution in [2.75, 3.05) is 0 Å². The Labute approximate surface area is 101 Å². The number of Topliss-reactive ketones (excluding diaryl/α,β-unsaturated/α-hetero) is 1. The molecule has 0 atom stereocenters. The molecule has 0 saturated carbocycles. The van der Waals surface area contributed by atoms with Gasteiger partial charge in [0, 0.05) is 0 Å². The van der Waals surface area contributed by atoms with Gasteiger partial charge in [0.1, 0.15) is 19.3 Å². The second-order valence-electron chi connectivity index (χ2n) is 5.70. The fraction of sp³-hybridized carbons (Fsp3) is 0.846. The Morgan fingerprint density at radius 1 is 0.875 bits per heavy atom. The van der Waals surface area contributed by atoms with Crippen molar-refractivity contribution in [3.63, 3.8) is 0 Å². The Bertz CT molecular complexity index is 245. The van der Waals surface area contributed by atoms with Gasteiger partial charge in [-0.2, -0.15) is 0 Å². The summed E-state index contributed by atoms with van der Waals surface area (Å²) in [6.07, 6.45) is 0.140. The van der Waals surface area contributed by atoms with Crippen molar-refractivity contribution in [3.8, 4) is 0 Å². The first-order valence-electron chi connectivity index (χ1n) is 6.20.